The SMILES string of the molecule is Cc1nc2c(N(C(=O)OC(C)(C)C)C(=O)OC(C)(C)C)c(CC=Cc3ccccc3)c(C(=O)N(C)C)cn2c1C. The van der Waals surface area contributed by atoms with Gasteiger partial charge < -0.3 is 18.8 Å². The summed E-state index contributed by atoms with van der Waals surface area (Å²) in [4.78, 5) is 48.1. The number of rotatable bonds is 5. The number of hydrogen-bond donors (Lipinski definition) is 0. The van der Waals surface area contributed by atoms with E-state index in [-0.39, 0.29) is 18.0 Å². The fourth-order valence-corrected chi connectivity index (χ4v) is 4.04. The Labute approximate surface area is 236 Å². The van der Waals surface area contributed by atoms with Gasteiger partial charge in [0, 0.05) is 26.0 Å². The largest absolute Gasteiger partial charge is 0.443 e. The highest BCUT2D eigenvalue weighted by Gasteiger charge is 2.37. The van der Waals surface area contributed by atoms with Gasteiger partial charge in [-0.05, 0) is 72.9 Å². The molecule has 0 radical (unpaired) electrons. The number of pyridine rings is 1. The van der Waals surface area contributed by atoms with Crippen LogP contribution in [0.2, 0.25) is 0 Å². The first-order valence-electron chi connectivity index (χ1n) is 13.2. The molecule has 0 bridgehead atoms. The average Bonchev–Trinajstić information content (AvgIpc) is 3.11. The minimum absolute atomic E-state index is 0.144. The smallest absolute Gasteiger partial charge is 0.424 e. The van der Waals surface area contributed by atoms with Crippen molar-refractivity contribution in [3.63, 3.8) is 0 Å². The summed E-state index contributed by atoms with van der Waals surface area (Å²) in [5.74, 6) is -0.287. The van der Waals surface area contributed by atoms with Crippen molar-refractivity contribution in [3.05, 3.63) is 70.7 Å². The normalized spacial score (nSPS) is 12.1. The molecule has 3 aromatic rings. The predicted octanol–water partition coefficient (Wildman–Crippen LogP) is 6.59. The van der Waals surface area contributed by atoms with Crippen molar-refractivity contribution < 1.29 is 23.9 Å². The number of imidazole rings is 1. The van der Waals surface area contributed by atoms with Gasteiger partial charge in [0.2, 0.25) is 0 Å². The van der Waals surface area contributed by atoms with E-state index < -0.39 is 23.4 Å². The molecule has 9 heteroatoms. The number of hydrogen-bond acceptors (Lipinski definition) is 6. The highest BCUT2D eigenvalue weighted by atomic mass is 16.6. The van der Waals surface area contributed by atoms with Gasteiger partial charge in [-0.2, -0.15) is 4.90 Å². The van der Waals surface area contributed by atoms with E-state index in [9.17, 15) is 14.4 Å². The van der Waals surface area contributed by atoms with E-state index in [1.54, 1.807) is 66.2 Å². The summed E-state index contributed by atoms with van der Waals surface area (Å²) in [6, 6.07) is 9.71. The monoisotopic (exact) mass is 548 g/mol. The molecule has 0 fully saturated rings. The molecule has 0 aliphatic heterocycles. The van der Waals surface area contributed by atoms with E-state index in [0.29, 0.717) is 22.5 Å². The average molecular weight is 549 g/mol. The number of nitrogens with zero attached hydrogens (tertiary/aromatic N) is 4. The quantitative estimate of drug-likeness (QED) is 0.357. The van der Waals surface area contributed by atoms with Crippen molar-refractivity contribution in [2.24, 2.45) is 0 Å². The van der Waals surface area contributed by atoms with E-state index in [1.807, 2.05) is 56.3 Å². The lowest BCUT2D eigenvalue weighted by Gasteiger charge is -2.30. The molecule has 214 valence electrons. The molecule has 0 N–H and O–H groups in total. The van der Waals surface area contributed by atoms with Crippen molar-refractivity contribution >= 4 is 35.5 Å². The number of benzene rings is 1. The molecule has 0 aliphatic carbocycles. The van der Waals surface area contributed by atoms with E-state index >= 15 is 0 Å². The summed E-state index contributed by atoms with van der Waals surface area (Å²) in [7, 11) is 3.31. The van der Waals surface area contributed by atoms with Crippen molar-refractivity contribution in [2.75, 3.05) is 19.0 Å². The van der Waals surface area contributed by atoms with Crippen LogP contribution >= 0.6 is 0 Å². The fourth-order valence-electron chi connectivity index (χ4n) is 4.04. The summed E-state index contributed by atoms with van der Waals surface area (Å²) >= 11 is 0. The van der Waals surface area contributed by atoms with Crippen molar-refractivity contribution in [2.45, 2.75) is 73.0 Å². The van der Waals surface area contributed by atoms with Crippen molar-refractivity contribution in [1.82, 2.24) is 14.3 Å². The highest BCUT2D eigenvalue weighted by molar-refractivity contribution is 6.14. The van der Waals surface area contributed by atoms with E-state index in [1.165, 1.54) is 4.90 Å². The van der Waals surface area contributed by atoms with Crippen LogP contribution < -0.4 is 4.90 Å². The van der Waals surface area contributed by atoms with Gasteiger partial charge in [-0.15, -0.1) is 0 Å². The summed E-state index contributed by atoms with van der Waals surface area (Å²) in [5, 5.41) is 0. The number of anilines is 1. The number of allylic oxidation sites excluding steroid dienone is 1. The maximum Gasteiger partial charge on any atom is 0.424 e. The maximum absolute atomic E-state index is 13.7. The Bertz CT molecular complexity index is 1410. The van der Waals surface area contributed by atoms with Crippen LogP contribution in [0.1, 0.15) is 74.4 Å². The van der Waals surface area contributed by atoms with Crippen LogP contribution in [-0.2, 0) is 15.9 Å². The molecule has 1 aromatic carbocycles. The fraction of sp³-hybridized carbons (Fsp3) is 0.419. The molecule has 40 heavy (non-hydrogen) atoms. The Morgan fingerprint density at radius 2 is 1.48 bits per heavy atom. The Morgan fingerprint density at radius 1 is 0.925 bits per heavy atom. The second-order valence-corrected chi connectivity index (χ2v) is 11.9. The van der Waals surface area contributed by atoms with Crippen LogP contribution in [0.4, 0.5) is 15.3 Å². The van der Waals surface area contributed by atoms with Gasteiger partial charge in [-0.3, -0.25) is 4.79 Å². The molecule has 0 spiro atoms. The summed E-state index contributed by atoms with van der Waals surface area (Å²) in [5.41, 5.74) is 1.87. The van der Waals surface area contributed by atoms with Gasteiger partial charge in [-0.1, -0.05) is 42.5 Å². The second kappa shape index (κ2) is 11.5. The number of amides is 3. The standard InChI is InChI=1S/C31H40N4O5/c1-20-21(2)34-19-24(27(36)33(9)10)23(18-14-17-22-15-12-11-13-16-22)25(26(34)32-20)35(28(37)39-30(3,4)5)29(38)40-31(6,7)8/h11-17,19H,18H2,1-10H3. The molecule has 0 atom stereocenters. The lowest BCUT2D eigenvalue weighted by atomic mass is 10.0. The molecule has 9 nitrogen and oxygen atoms in total. The summed E-state index contributed by atoms with van der Waals surface area (Å²) in [6.45, 7) is 14.0. The number of imide groups is 1. The van der Waals surface area contributed by atoms with Crippen LogP contribution in [0, 0.1) is 13.8 Å². The predicted molar refractivity (Wildman–Crippen MR) is 157 cm³/mol. The van der Waals surface area contributed by atoms with E-state index in [4.69, 9.17) is 14.5 Å². The van der Waals surface area contributed by atoms with Gasteiger partial charge in [0.1, 0.15) is 16.9 Å². The molecular formula is C31H40N4O5. The van der Waals surface area contributed by atoms with Gasteiger partial charge in [0.25, 0.3) is 5.91 Å². The van der Waals surface area contributed by atoms with E-state index in [0.717, 1.165) is 16.2 Å². The molecule has 3 rings (SSSR count). The third-order valence-electron chi connectivity index (χ3n) is 5.91. The van der Waals surface area contributed by atoms with Crippen LogP contribution in [0.25, 0.3) is 11.7 Å². The Kier molecular flexibility index (Phi) is 8.77. The summed E-state index contributed by atoms with van der Waals surface area (Å²) < 4.78 is 13.1. The lowest BCUT2D eigenvalue weighted by Crippen LogP contribution is -2.44. The first-order valence-corrected chi connectivity index (χ1v) is 13.2. The molecule has 0 saturated heterocycles. The van der Waals surface area contributed by atoms with Gasteiger partial charge in [0.15, 0.2) is 5.65 Å². The Morgan fingerprint density at radius 3 is 1.98 bits per heavy atom. The molecule has 3 amide bonds. The molecule has 2 heterocycles. The Balaban J connectivity index is 2.39. The number of carbonyl (C=O) groups excluding carboxylic acids is 3. The van der Waals surface area contributed by atoms with Crippen molar-refractivity contribution in [1.29, 1.82) is 0 Å². The maximum atomic E-state index is 13.7. The number of carbonyl (C=O) groups is 3. The third-order valence-corrected chi connectivity index (χ3v) is 5.91. The number of aryl methyl sites for hydroxylation is 2. The highest BCUT2D eigenvalue weighted by Crippen LogP contribution is 2.34. The van der Waals surface area contributed by atoms with Crippen LogP contribution in [-0.4, -0.2) is 57.7 Å². The molecule has 0 unspecified atom stereocenters. The summed E-state index contributed by atoms with van der Waals surface area (Å²) in [6.07, 6.45) is 3.90. The molecule has 0 saturated carbocycles. The van der Waals surface area contributed by atoms with Gasteiger partial charge in [-0.25, -0.2) is 14.6 Å². The topological polar surface area (TPSA) is 93.5 Å². The minimum atomic E-state index is -0.926. The van der Waals surface area contributed by atoms with Gasteiger partial charge in [0.05, 0.1) is 11.3 Å². The third kappa shape index (κ3) is 7.08. The number of fused-ring (bicyclic) bond motifs is 1. The molecular weight excluding hydrogens is 508 g/mol. The number of aromatic nitrogens is 2. The first kappa shape index (κ1) is 30.4. The first-order chi connectivity index (χ1) is 18.5. The second-order valence-electron chi connectivity index (χ2n) is 11.9. The minimum Gasteiger partial charge on any atom is -0.443 e. The van der Waals surface area contributed by atoms with Crippen molar-refractivity contribution in [3.8, 4) is 0 Å². The molecule has 0 aliphatic rings. The molecule has 2 aromatic heterocycles. The van der Waals surface area contributed by atoms with Gasteiger partial charge >= 0.3 is 12.2 Å². The zero-order chi connectivity index (χ0) is 30.0. The van der Waals surface area contributed by atoms with Crippen LogP contribution in [0.3, 0.4) is 0 Å². The van der Waals surface area contributed by atoms with Crippen LogP contribution in [0.15, 0.2) is 42.6 Å². The lowest BCUT2D eigenvalue weighted by molar-refractivity contribution is 0.0429. The van der Waals surface area contributed by atoms with Crippen LogP contribution in [0.5, 0.6) is 0 Å². The zero-order valence-electron chi connectivity index (χ0n) is 25.2. The number of ether oxygens (including phenoxy) is 2. The Hall–Kier alpha value is -4.14. The zero-order valence-corrected chi connectivity index (χ0v) is 25.2. The van der Waals surface area contributed by atoms with E-state index in [2.05, 4.69) is 0 Å².